The molecule has 118 valence electrons. The number of hydrogen-bond donors (Lipinski definition) is 1. The molecule has 0 amide bonds. The van der Waals surface area contributed by atoms with E-state index in [1.165, 1.54) is 49.8 Å². The van der Waals surface area contributed by atoms with Gasteiger partial charge in [-0.05, 0) is 44.2 Å². The normalized spacial score (nSPS) is 17.8. The van der Waals surface area contributed by atoms with E-state index in [0.29, 0.717) is 0 Å². The van der Waals surface area contributed by atoms with Crippen LogP contribution >= 0.6 is 0 Å². The van der Waals surface area contributed by atoms with Gasteiger partial charge in [0.15, 0.2) is 0 Å². The molecule has 0 saturated heterocycles. The summed E-state index contributed by atoms with van der Waals surface area (Å²) in [6, 6.07) is 9.58. The quantitative estimate of drug-likeness (QED) is 0.811. The molecule has 21 heavy (non-hydrogen) atoms. The Labute approximate surface area is 130 Å². The van der Waals surface area contributed by atoms with Crippen molar-refractivity contribution in [2.24, 2.45) is 11.7 Å². The van der Waals surface area contributed by atoms with Gasteiger partial charge in [0.1, 0.15) is 0 Å². The Morgan fingerprint density at radius 3 is 2.57 bits per heavy atom. The predicted octanol–water partition coefficient (Wildman–Crippen LogP) is 4.29. The second-order valence-corrected chi connectivity index (χ2v) is 7.14. The molecule has 1 unspecified atom stereocenters. The number of nitrogens with zero attached hydrogens (tertiary/aromatic N) is 1. The summed E-state index contributed by atoms with van der Waals surface area (Å²) in [6.07, 6.45) is 6.78. The molecule has 2 N–H and O–H groups in total. The maximum Gasteiger partial charge on any atom is 0.0424 e. The fraction of sp³-hybridized carbons (Fsp3) is 0.684. The molecule has 0 aliphatic heterocycles. The summed E-state index contributed by atoms with van der Waals surface area (Å²) in [5.41, 5.74) is 9.08. The summed E-state index contributed by atoms with van der Waals surface area (Å²) < 4.78 is 0. The van der Waals surface area contributed by atoms with Gasteiger partial charge in [-0.15, -0.1) is 0 Å². The number of hydrogen-bond acceptors (Lipinski definition) is 2. The summed E-state index contributed by atoms with van der Waals surface area (Å²) in [4.78, 5) is 2.67. The molecule has 1 aliphatic rings. The Bertz CT molecular complexity index is 421. The van der Waals surface area contributed by atoms with E-state index in [1.54, 1.807) is 0 Å². The van der Waals surface area contributed by atoms with Crippen molar-refractivity contribution in [2.75, 3.05) is 13.1 Å². The van der Waals surface area contributed by atoms with Crippen molar-refractivity contribution >= 4 is 0 Å². The van der Waals surface area contributed by atoms with Crippen molar-refractivity contribution in [3.8, 4) is 0 Å². The van der Waals surface area contributed by atoms with Crippen molar-refractivity contribution in [3.63, 3.8) is 0 Å². The SMILES string of the molecule is Cc1cccc(C(N)CN(CCC(C)C)C2CCCC2)c1. The van der Waals surface area contributed by atoms with Crippen LogP contribution in [0.2, 0.25) is 0 Å². The van der Waals surface area contributed by atoms with Crippen LogP contribution in [0.25, 0.3) is 0 Å². The Morgan fingerprint density at radius 1 is 1.24 bits per heavy atom. The molecule has 1 fully saturated rings. The molecule has 2 nitrogen and oxygen atoms in total. The highest BCUT2D eigenvalue weighted by Gasteiger charge is 2.24. The van der Waals surface area contributed by atoms with E-state index in [2.05, 4.69) is 49.9 Å². The Balaban J connectivity index is 1.99. The van der Waals surface area contributed by atoms with Gasteiger partial charge in [0.05, 0.1) is 0 Å². The van der Waals surface area contributed by atoms with Gasteiger partial charge in [0, 0.05) is 18.6 Å². The molecular weight excluding hydrogens is 256 g/mol. The minimum atomic E-state index is 0.137. The first-order chi connectivity index (χ1) is 10.1. The monoisotopic (exact) mass is 288 g/mol. The summed E-state index contributed by atoms with van der Waals surface area (Å²) >= 11 is 0. The highest BCUT2D eigenvalue weighted by Crippen LogP contribution is 2.26. The molecule has 2 heteroatoms. The third kappa shape index (κ3) is 5.12. The lowest BCUT2D eigenvalue weighted by Gasteiger charge is -2.32. The number of nitrogens with two attached hydrogens (primary N) is 1. The van der Waals surface area contributed by atoms with Gasteiger partial charge in [-0.25, -0.2) is 0 Å². The molecule has 1 atom stereocenters. The van der Waals surface area contributed by atoms with Crippen molar-refractivity contribution in [1.29, 1.82) is 0 Å². The fourth-order valence-electron chi connectivity index (χ4n) is 3.38. The molecule has 0 spiro atoms. The molecule has 1 aliphatic carbocycles. The molecule has 1 aromatic carbocycles. The smallest absolute Gasteiger partial charge is 0.0424 e. The van der Waals surface area contributed by atoms with E-state index >= 15 is 0 Å². The fourth-order valence-corrected chi connectivity index (χ4v) is 3.38. The van der Waals surface area contributed by atoms with Crippen LogP contribution in [0.3, 0.4) is 0 Å². The van der Waals surface area contributed by atoms with Gasteiger partial charge in [-0.2, -0.15) is 0 Å². The van der Waals surface area contributed by atoms with Crippen LogP contribution in [0.15, 0.2) is 24.3 Å². The van der Waals surface area contributed by atoms with Gasteiger partial charge in [-0.3, -0.25) is 4.90 Å². The van der Waals surface area contributed by atoms with Crippen LogP contribution in [-0.2, 0) is 0 Å². The van der Waals surface area contributed by atoms with Crippen LogP contribution in [0.1, 0.15) is 63.1 Å². The highest BCUT2D eigenvalue weighted by atomic mass is 15.2. The summed E-state index contributed by atoms with van der Waals surface area (Å²) in [7, 11) is 0. The van der Waals surface area contributed by atoms with E-state index in [-0.39, 0.29) is 6.04 Å². The lowest BCUT2D eigenvalue weighted by atomic mass is 10.0. The van der Waals surface area contributed by atoms with Crippen molar-refractivity contribution in [1.82, 2.24) is 4.90 Å². The van der Waals surface area contributed by atoms with Crippen LogP contribution in [0, 0.1) is 12.8 Å². The second kappa shape index (κ2) is 7.95. The van der Waals surface area contributed by atoms with Gasteiger partial charge in [0.25, 0.3) is 0 Å². The highest BCUT2D eigenvalue weighted by molar-refractivity contribution is 5.25. The molecular formula is C19H32N2. The summed E-state index contributed by atoms with van der Waals surface area (Å²) in [5.74, 6) is 0.768. The van der Waals surface area contributed by atoms with Gasteiger partial charge in [-0.1, -0.05) is 56.5 Å². The lowest BCUT2D eigenvalue weighted by Crippen LogP contribution is -2.39. The molecule has 2 rings (SSSR count). The lowest BCUT2D eigenvalue weighted by molar-refractivity contribution is 0.177. The zero-order valence-electron chi connectivity index (χ0n) is 14.0. The summed E-state index contributed by atoms with van der Waals surface area (Å²) in [5, 5.41) is 0. The van der Waals surface area contributed by atoms with E-state index < -0.39 is 0 Å². The Morgan fingerprint density at radius 2 is 1.95 bits per heavy atom. The molecule has 0 aromatic heterocycles. The van der Waals surface area contributed by atoms with Gasteiger partial charge in [0.2, 0.25) is 0 Å². The first kappa shape index (κ1) is 16.5. The van der Waals surface area contributed by atoms with E-state index in [9.17, 15) is 0 Å². The Kier molecular flexibility index (Phi) is 6.25. The zero-order valence-corrected chi connectivity index (χ0v) is 14.0. The largest absolute Gasteiger partial charge is 0.323 e. The molecule has 0 bridgehead atoms. The van der Waals surface area contributed by atoms with Crippen molar-refractivity contribution < 1.29 is 0 Å². The summed E-state index contributed by atoms with van der Waals surface area (Å²) in [6.45, 7) is 8.97. The number of aryl methyl sites for hydroxylation is 1. The Hall–Kier alpha value is -0.860. The molecule has 0 radical (unpaired) electrons. The standard InChI is InChI=1S/C19H32N2/c1-15(2)11-12-21(18-9-4-5-10-18)14-19(20)17-8-6-7-16(3)13-17/h6-8,13,15,18-19H,4-5,9-12,14,20H2,1-3H3. The molecule has 1 aromatic rings. The van der Waals surface area contributed by atoms with Crippen LogP contribution < -0.4 is 5.73 Å². The predicted molar refractivity (Wildman–Crippen MR) is 91.4 cm³/mol. The van der Waals surface area contributed by atoms with Crippen molar-refractivity contribution in [3.05, 3.63) is 35.4 Å². The van der Waals surface area contributed by atoms with Crippen LogP contribution in [0.5, 0.6) is 0 Å². The minimum absolute atomic E-state index is 0.137. The number of rotatable bonds is 7. The van der Waals surface area contributed by atoms with E-state index in [4.69, 9.17) is 5.73 Å². The maximum absolute atomic E-state index is 6.50. The number of benzene rings is 1. The van der Waals surface area contributed by atoms with Gasteiger partial charge >= 0.3 is 0 Å². The third-order valence-corrected chi connectivity index (χ3v) is 4.74. The van der Waals surface area contributed by atoms with Crippen LogP contribution in [-0.4, -0.2) is 24.0 Å². The van der Waals surface area contributed by atoms with E-state index in [1.807, 2.05) is 0 Å². The minimum Gasteiger partial charge on any atom is -0.323 e. The molecule has 1 saturated carbocycles. The third-order valence-electron chi connectivity index (χ3n) is 4.74. The van der Waals surface area contributed by atoms with Crippen LogP contribution in [0.4, 0.5) is 0 Å². The van der Waals surface area contributed by atoms with Crippen molar-refractivity contribution in [2.45, 2.75) is 65.0 Å². The first-order valence-electron chi connectivity index (χ1n) is 8.62. The van der Waals surface area contributed by atoms with Gasteiger partial charge < -0.3 is 5.73 Å². The topological polar surface area (TPSA) is 29.3 Å². The zero-order chi connectivity index (χ0) is 15.2. The van der Waals surface area contributed by atoms with E-state index in [0.717, 1.165) is 18.5 Å². The average Bonchev–Trinajstić information content (AvgIpc) is 2.97. The average molecular weight is 288 g/mol. The first-order valence-corrected chi connectivity index (χ1v) is 8.62. The molecule has 0 heterocycles. The maximum atomic E-state index is 6.50. The second-order valence-electron chi connectivity index (χ2n) is 7.14.